The van der Waals surface area contributed by atoms with Gasteiger partial charge in [-0.15, -0.1) is 0 Å². The predicted molar refractivity (Wildman–Crippen MR) is 153 cm³/mol. The molecule has 0 N–H and O–H groups in total. The third-order valence-corrected chi connectivity index (χ3v) is 7.48. The van der Waals surface area contributed by atoms with Crippen LogP contribution in [0.3, 0.4) is 0 Å². The Kier molecular flexibility index (Phi) is 7.93. The van der Waals surface area contributed by atoms with E-state index in [2.05, 4.69) is 4.98 Å². The van der Waals surface area contributed by atoms with E-state index in [1.54, 1.807) is 30.0 Å². The van der Waals surface area contributed by atoms with Gasteiger partial charge in [0.25, 0.3) is 5.56 Å². The summed E-state index contributed by atoms with van der Waals surface area (Å²) < 4.78 is 50.1. The molecule has 0 spiro atoms. The van der Waals surface area contributed by atoms with Gasteiger partial charge in [0.1, 0.15) is 24.3 Å². The van der Waals surface area contributed by atoms with E-state index in [-0.39, 0.29) is 41.1 Å². The Morgan fingerprint density at radius 2 is 1.78 bits per heavy atom. The first kappa shape index (κ1) is 28.5. The number of aromatic nitrogens is 2. The molecule has 3 aromatic carbocycles. The van der Waals surface area contributed by atoms with E-state index < -0.39 is 17.3 Å². The second-order valence-electron chi connectivity index (χ2n) is 9.91. The Labute approximate surface area is 240 Å². The van der Waals surface area contributed by atoms with Gasteiger partial charge >= 0.3 is 6.18 Å². The fourth-order valence-electron chi connectivity index (χ4n) is 5.14. The minimum atomic E-state index is -4.73. The maximum atomic E-state index is 14.2. The summed E-state index contributed by atoms with van der Waals surface area (Å²) in [5.74, 6) is 0.778. The summed E-state index contributed by atoms with van der Waals surface area (Å²) in [6, 6.07) is 17.6. The zero-order valence-electron chi connectivity index (χ0n) is 22.5. The predicted octanol–water partition coefficient (Wildman–Crippen LogP) is 5.75. The van der Waals surface area contributed by atoms with Gasteiger partial charge < -0.3 is 14.5 Å². The normalized spacial score (nSPS) is 14.3. The molecule has 4 aromatic rings. The maximum absolute atomic E-state index is 14.2. The fraction of sp³-hybridized carbons (Fsp3) is 0.300. The van der Waals surface area contributed by atoms with E-state index in [9.17, 15) is 23.2 Å². The summed E-state index contributed by atoms with van der Waals surface area (Å²) in [5.41, 5.74) is -0.597. The molecular formula is C30H27ClF3N5O2. The van der Waals surface area contributed by atoms with E-state index >= 15 is 0 Å². The van der Waals surface area contributed by atoms with Crippen molar-refractivity contribution in [2.45, 2.75) is 19.6 Å². The molecule has 1 fully saturated rings. The van der Waals surface area contributed by atoms with Crippen LogP contribution in [0.1, 0.15) is 17.0 Å². The van der Waals surface area contributed by atoms with Gasteiger partial charge in [-0.25, -0.2) is 4.98 Å². The first-order valence-corrected chi connectivity index (χ1v) is 13.4. The highest BCUT2D eigenvalue weighted by atomic mass is 35.5. The molecule has 1 aromatic heterocycles. The Morgan fingerprint density at radius 1 is 1.07 bits per heavy atom. The fourth-order valence-corrected chi connectivity index (χ4v) is 5.32. The number of fused-ring (bicyclic) bond motifs is 1. The van der Waals surface area contributed by atoms with Crippen molar-refractivity contribution in [1.82, 2.24) is 14.5 Å². The molecule has 0 saturated carbocycles. The van der Waals surface area contributed by atoms with Crippen LogP contribution >= 0.6 is 11.6 Å². The molecule has 0 amide bonds. The highest BCUT2D eigenvalue weighted by Crippen LogP contribution is 2.41. The number of hydrogen-bond acceptors (Lipinski definition) is 6. The van der Waals surface area contributed by atoms with Crippen LogP contribution in [0.4, 0.5) is 18.9 Å². The van der Waals surface area contributed by atoms with Crippen LogP contribution in [0, 0.1) is 18.3 Å². The smallest absolute Gasteiger partial charge is 0.418 e. The zero-order chi connectivity index (χ0) is 29.3. The van der Waals surface area contributed by atoms with Crippen LogP contribution < -0.4 is 15.2 Å². The molecule has 0 aliphatic carbocycles. The van der Waals surface area contributed by atoms with Crippen LogP contribution in [0.5, 0.6) is 5.75 Å². The standard InChI is InChI=1S/C30H27ClF3N5O2/c1-19-36-25-17-24(30(32,33)34)28(38-12-10-37(2)11-13-38)23(18-35)27(25)29(40)39(19)14-15-41-26-9-8-21(31)16-22(26)20-6-4-3-5-7-20/h3-9,16-17H,10-15H2,1-2H3. The number of ether oxygens (including phenoxy) is 1. The van der Waals surface area contributed by atoms with Crippen molar-refractivity contribution < 1.29 is 17.9 Å². The quantitative estimate of drug-likeness (QED) is 0.289. The minimum Gasteiger partial charge on any atom is -0.491 e. The van der Waals surface area contributed by atoms with Crippen molar-refractivity contribution in [3.8, 4) is 22.9 Å². The minimum absolute atomic E-state index is 0.0696. The van der Waals surface area contributed by atoms with Gasteiger partial charge in [0.2, 0.25) is 0 Å². The number of benzene rings is 3. The number of piperazine rings is 1. The zero-order valence-corrected chi connectivity index (χ0v) is 23.3. The molecule has 7 nitrogen and oxygen atoms in total. The van der Waals surface area contributed by atoms with E-state index in [1.165, 1.54) is 4.57 Å². The second-order valence-corrected chi connectivity index (χ2v) is 10.3. The first-order valence-electron chi connectivity index (χ1n) is 13.0. The highest BCUT2D eigenvalue weighted by Gasteiger charge is 2.38. The average molecular weight is 582 g/mol. The molecule has 11 heteroatoms. The number of rotatable bonds is 6. The molecule has 1 saturated heterocycles. The Balaban J connectivity index is 1.53. The molecule has 2 heterocycles. The van der Waals surface area contributed by atoms with E-state index in [1.807, 2.05) is 48.3 Å². The average Bonchev–Trinajstić information content (AvgIpc) is 2.95. The van der Waals surface area contributed by atoms with Gasteiger partial charge in [-0.2, -0.15) is 18.4 Å². The molecule has 0 bridgehead atoms. The van der Waals surface area contributed by atoms with Crippen LogP contribution in [0.15, 0.2) is 59.4 Å². The van der Waals surface area contributed by atoms with Crippen LogP contribution in [-0.4, -0.2) is 54.3 Å². The van der Waals surface area contributed by atoms with Gasteiger partial charge in [0.05, 0.1) is 34.3 Å². The van der Waals surface area contributed by atoms with Gasteiger partial charge in [-0.3, -0.25) is 9.36 Å². The van der Waals surface area contributed by atoms with Crippen molar-refractivity contribution in [2.75, 3.05) is 44.7 Å². The highest BCUT2D eigenvalue weighted by molar-refractivity contribution is 6.31. The summed E-state index contributed by atoms with van der Waals surface area (Å²) in [6.45, 7) is 3.35. The summed E-state index contributed by atoms with van der Waals surface area (Å²) in [5, 5.41) is 10.5. The maximum Gasteiger partial charge on any atom is 0.418 e. The molecule has 0 atom stereocenters. The topological polar surface area (TPSA) is 74.4 Å². The summed E-state index contributed by atoms with van der Waals surface area (Å²) in [4.78, 5) is 21.6. The lowest BCUT2D eigenvalue weighted by molar-refractivity contribution is -0.137. The van der Waals surface area contributed by atoms with E-state index in [4.69, 9.17) is 16.3 Å². The molecule has 0 unspecified atom stereocenters. The van der Waals surface area contributed by atoms with Crippen molar-refractivity contribution >= 4 is 28.2 Å². The number of anilines is 1. The number of likely N-dealkylation sites (N-methyl/N-ethyl adjacent to an activating group) is 1. The van der Waals surface area contributed by atoms with Crippen LogP contribution in [-0.2, 0) is 12.7 Å². The first-order chi connectivity index (χ1) is 19.6. The Hall–Kier alpha value is -4.07. The lowest BCUT2D eigenvalue weighted by atomic mass is 10.00. The number of hydrogen-bond donors (Lipinski definition) is 0. The molecular weight excluding hydrogens is 555 g/mol. The van der Waals surface area contributed by atoms with Gasteiger partial charge in [-0.05, 0) is 43.8 Å². The molecule has 41 heavy (non-hydrogen) atoms. The largest absolute Gasteiger partial charge is 0.491 e. The summed E-state index contributed by atoms with van der Waals surface area (Å²) in [7, 11) is 1.88. The van der Waals surface area contributed by atoms with Crippen molar-refractivity contribution in [1.29, 1.82) is 5.26 Å². The van der Waals surface area contributed by atoms with Crippen molar-refractivity contribution in [2.24, 2.45) is 0 Å². The number of alkyl halides is 3. The molecule has 1 aliphatic rings. The number of nitriles is 1. The van der Waals surface area contributed by atoms with E-state index in [0.717, 1.165) is 17.2 Å². The number of aryl methyl sites for hydroxylation is 1. The monoisotopic (exact) mass is 581 g/mol. The third kappa shape index (κ3) is 5.73. The van der Waals surface area contributed by atoms with Gasteiger partial charge in [0.15, 0.2) is 0 Å². The Morgan fingerprint density at radius 3 is 2.44 bits per heavy atom. The lowest BCUT2D eigenvalue weighted by Crippen LogP contribution is -2.45. The van der Waals surface area contributed by atoms with E-state index in [0.29, 0.717) is 37.0 Å². The molecule has 0 radical (unpaired) electrons. The van der Waals surface area contributed by atoms with Gasteiger partial charge in [0, 0.05) is 36.8 Å². The lowest BCUT2D eigenvalue weighted by Gasteiger charge is -2.36. The summed E-state index contributed by atoms with van der Waals surface area (Å²) >= 11 is 6.23. The van der Waals surface area contributed by atoms with Crippen molar-refractivity contribution in [3.63, 3.8) is 0 Å². The summed E-state index contributed by atoms with van der Waals surface area (Å²) in [6.07, 6.45) is -4.73. The second kappa shape index (κ2) is 11.4. The van der Waals surface area contributed by atoms with Crippen molar-refractivity contribution in [3.05, 3.63) is 86.9 Å². The molecule has 5 rings (SSSR count). The Bertz CT molecular complexity index is 1690. The molecule has 1 aliphatic heterocycles. The SMILES string of the molecule is Cc1nc2cc(C(F)(F)F)c(N3CCN(C)CC3)c(C#N)c2c(=O)n1CCOc1ccc(Cl)cc1-c1ccccc1. The van der Waals surface area contributed by atoms with Gasteiger partial charge in [-0.1, -0.05) is 41.9 Å². The van der Waals surface area contributed by atoms with Crippen LogP contribution in [0.2, 0.25) is 5.02 Å². The number of nitrogens with zero attached hydrogens (tertiary/aromatic N) is 5. The van der Waals surface area contributed by atoms with Crippen LogP contribution in [0.25, 0.3) is 22.0 Å². The third-order valence-electron chi connectivity index (χ3n) is 7.25. The molecule has 212 valence electrons. The number of halogens is 4.